The van der Waals surface area contributed by atoms with Crippen LogP contribution in [0.4, 0.5) is 11.4 Å². The second kappa shape index (κ2) is 7.46. The van der Waals surface area contributed by atoms with Crippen LogP contribution in [-0.4, -0.2) is 17.8 Å². The number of hydrogen-bond acceptors (Lipinski definition) is 4. The molecule has 0 fully saturated rings. The Morgan fingerprint density at radius 1 is 0.815 bits per heavy atom. The molecule has 0 aliphatic carbocycles. The third kappa shape index (κ3) is 3.22. The molecule has 1 heterocycles. The molecule has 4 nitrogen and oxygen atoms in total. The van der Waals surface area contributed by atoms with Crippen molar-refractivity contribution in [2.24, 2.45) is 5.10 Å². The predicted octanol–water partition coefficient (Wildman–Crippen LogP) is 4.68. The van der Waals surface area contributed by atoms with Crippen LogP contribution >= 0.6 is 0 Å². The summed E-state index contributed by atoms with van der Waals surface area (Å²) < 4.78 is 0. The highest BCUT2D eigenvalue weighted by atomic mass is 16.1. The summed E-state index contributed by atoms with van der Waals surface area (Å²) >= 11 is 0. The first kappa shape index (κ1) is 17.0. The Morgan fingerprint density at radius 3 is 1.89 bits per heavy atom. The van der Waals surface area contributed by atoms with E-state index in [-0.39, 0.29) is 5.78 Å². The van der Waals surface area contributed by atoms with E-state index in [0.717, 1.165) is 22.8 Å². The lowest BCUT2D eigenvalue weighted by atomic mass is 10.1. The molecule has 27 heavy (non-hydrogen) atoms. The van der Waals surface area contributed by atoms with Gasteiger partial charge in [-0.25, -0.2) is 5.01 Å². The van der Waals surface area contributed by atoms with E-state index >= 15 is 0 Å². The Kier molecular flexibility index (Phi) is 4.71. The third-order valence-electron chi connectivity index (χ3n) is 4.63. The Labute approximate surface area is 159 Å². The molecule has 0 saturated heterocycles. The van der Waals surface area contributed by atoms with Crippen LogP contribution in [0.1, 0.15) is 18.9 Å². The van der Waals surface area contributed by atoms with Gasteiger partial charge in [0.2, 0.25) is 0 Å². The van der Waals surface area contributed by atoms with Crippen LogP contribution in [0, 0.1) is 0 Å². The first-order valence-corrected chi connectivity index (χ1v) is 9.15. The number of carbonyl (C=O) groups excluding carboxylic acids is 1. The SMILES string of the molecule is CCC(=O)[C@@H]1N(c2ccccc2)N=C(c2ccccc2)N1c1ccccc1. The maximum atomic E-state index is 13.0. The molecule has 0 bridgehead atoms. The number of anilines is 2. The van der Waals surface area contributed by atoms with Gasteiger partial charge in [-0.15, -0.1) is 0 Å². The van der Waals surface area contributed by atoms with Crippen molar-refractivity contribution in [3.63, 3.8) is 0 Å². The van der Waals surface area contributed by atoms with Crippen molar-refractivity contribution in [2.75, 3.05) is 9.91 Å². The van der Waals surface area contributed by atoms with Crippen LogP contribution in [0.2, 0.25) is 0 Å². The van der Waals surface area contributed by atoms with Gasteiger partial charge in [0, 0.05) is 17.7 Å². The molecule has 3 aromatic carbocycles. The number of para-hydroxylation sites is 2. The summed E-state index contributed by atoms with van der Waals surface area (Å²) in [6, 6.07) is 29.8. The molecule has 1 aliphatic heterocycles. The zero-order valence-electron chi connectivity index (χ0n) is 15.2. The number of Topliss-reactive ketones (excluding diaryl/α,β-unsaturated/α-hetero) is 1. The Balaban J connectivity index is 1.89. The molecular weight excluding hydrogens is 334 g/mol. The normalized spacial score (nSPS) is 16.3. The van der Waals surface area contributed by atoms with Gasteiger partial charge in [0.15, 0.2) is 17.8 Å². The highest BCUT2D eigenvalue weighted by Gasteiger charge is 2.40. The Hall–Kier alpha value is -3.40. The molecule has 3 aromatic rings. The molecule has 4 rings (SSSR count). The summed E-state index contributed by atoms with van der Waals surface area (Å²) in [5, 5.41) is 6.73. The summed E-state index contributed by atoms with van der Waals surface area (Å²) in [5.41, 5.74) is 2.83. The minimum Gasteiger partial charge on any atom is -0.295 e. The number of hydrogen-bond donors (Lipinski definition) is 0. The van der Waals surface area contributed by atoms with E-state index < -0.39 is 6.17 Å². The monoisotopic (exact) mass is 355 g/mol. The summed E-state index contributed by atoms with van der Waals surface area (Å²) in [7, 11) is 0. The lowest BCUT2D eigenvalue weighted by molar-refractivity contribution is -0.119. The van der Waals surface area contributed by atoms with Gasteiger partial charge in [0.05, 0.1) is 5.69 Å². The van der Waals surface area contributed by atoms with Crippen LogP contribution < -0.4 is 9.91 Å². The van der Waals surface area contributed by atoms with Gasteiger partial charge < -0.3 is 0 Å². The molecule has 0 N–H and O–H groups in total. The molecule has 4 heteroatoms. The Morgan fingerprint density at radius 2 is 1.33 bits per heavy atom. The van der Waals surface area contributed by atoms with E-state index in [1.54, 1.807) is 0 Å². The molecule has 1 atom stereocenters. The van der Waals surface area contributed by atoms with Crippen molar-refractivity contribution in [1.82, 2.24) is 0 Å². The van der Waals surface area contributed by atoms with E-state index in [1.807, 2.05) is 108 Å². The Bertz CT molecular complexity index is 939. The lowest BCUT2D eigenvalue weighted by Gasteiger charge is -2.30. The van der Waals surface area contributed by atoms with Crippen molar-refractivity contribution >= 4 is 23.0 Å². The molecule has 0 saturated carbocycles. The fourth-order valence-electron chi connectivity index (χ4n) is 3.31. The smallest absolute Gasteiger partial charge is 0.188 e. The van der Waals surface area contributed by atoms with E-state index in [2.05, 4.69) is 0 Å². The maximum Gasteiger partial charge on any atom is 0.188 e. The average molecular weight is 355 g/mol. The second-order valence-electron chi connectivity index (χ2n) is 6.37. The highest BCUT2D eigenvalue weighted by Crippen LogP contribution is 2.32. The fraction of sp³-hybridized carbons (Fsp3) is 0.130. The van der Waals surface area contributed by atoms with Crippen molar-refractivity contribution in [3.05, 3.63) is 96.6 Å². The number of rotatable bonds is 5. The number of hydrazone groups is 1. The topological polar surface area (TPSA) is 35.9 Å². The molecule has 0 amide bonds. The molecule has 0 aromatic heterocycles. The summed E-state index contributed by atoms with van der Waals surface area (Å²) in [6.07, 6.45) is -0.0652. The van der Waals surface area contributed by atoms with Gasteiger partial charge in [-0.3, -0.25) is 9.69 Å². The molecule has 134 valence electrons. The van der Waals surface area contributed by atoms with Gasteiger partial charge in [0.25, 0.3) is 0 Å². The van der Waals surface area contributed by atoms with Crippen molar-refractivity contribution in [3.8, 4) is 0 Å². The number of nitrogens with zero attached hydrogens (tertiary/aromatic N) is 3. The minimum atomic E-state index is -0.505. The molecular formula is C23H21N3O. The van der Waals surface area contributed by atoms with Crippen LogP contribution in [0.5, 0.6) is 0 Å². The van der Waals surface area contributed by atoms with Crippen molar-refractivity contribution in [1.29, 1.82) is 0 Å². The second-order valence-corrected chi connectivity index (χ2v) is 6.37. The number of ketones is 1. The van der Waals surface area contributed by atoms with Gasteiger partial charge in [0.1, 0.15) is 0 Å². The predicted molar refractivity (Wildman–Crippen MR) is 110 cm³/mol. The molecule has 0 unspecified atom stereocenters. The lowest BCUT2D eigenvalue weighted by Crippen LogP contribution is -2.48. The van der Waals surface area contributed by atoms with Gasteiger partial charge in [-0.2, -0.15) is 5.10 Å². The molecule has 0 spiro atoms. The zero-order chi connectivity index (χ0) is 18.6. The summed E-state index contributed by atoms with van der Waals surface area (Å²) in [4.78, 5) is 15.0. The van der Waals surface area contributed by atoms with Gasteiger partial charge in [-0.1, -0.05) is 73.7 Å². The average Bonchev–Trinajstić information content (AvgIpc) is 3.16. The number of benzene rings is 3. The quantitative estimate of drug-likeness (QED) is 0.667. The van der Waals surface area contributed by atoms with Crippen molar-refractivity contribution < 1.29 is 4.79 Å². The first-order chi connectivity index (χ1) is 13.3. The van der Waals surface area contributed by atoms with E-state index in [9.17, 15) is 4.79 Å². The third-order valence-corrected chi connectivity index (χ3v) is 4.63. The number of amidine groups is 1. The molecule has 1 aliphatic rings. The van der Waals surface area contributed by atoms with Crippen LogP contribution in [0.15, 0.2) is 96.1 Å². The number of carbonyl (C=O) groups is 1. The standard InChI is InChI=1S/C23H21N3O/c1-2-21(27)23-25(19-14-8-4-9-15-19)22(18-12-6-3-7-13-18)24-26(23)20-16-10-5-11-17-20/h3-17,23H,2H2,1H3/t23-/m0/s1. The van der Waals surface area contributed by atoms with Crippen LogP contribution in [0.25, 0.3) is 0 Å². The molecule has 0 radical (unpaired) electrons. The van der Waals surface area contributed by atoms with E-state index in [0.29, 0.717) is 6.42 Å². The summed E-state index contributed by atoms with van der Waals surface area (Å²) in [5.74, 6) is 0.898. The minimum absolute atomic E-state index is 0.123. The van der Waals surface area contributed by atoms with E-state index in [1.165, 1.54) is 0 Å². The summed E-state index contributed by atoms with van der Waals surface area (Å²) in [6.45, 7) is 1.90. The van der Waals surface area contributed by atoms with Crippen LogP contribution in [-0.2, 0) is 4.79 Å². The van der Waals surface area contributed by atoms with Gasteiger partial charge >= 0.3 is 0 Å². The highest BCUT2D eigenvalue weighted by molar-refractivity contribution is 6.16. The van der Waals surface area contributed by atoms with Gasteiger partial charge in [-0.05, 0) is 24.3 Å². The zero-order valence-corrected chi connectivity index (χ0v) is 15.2. The van der Waals surface area contributed by atoms with Crippen molar-refractivity contribution in [2.45, 2.75) is 19.5 Å². The largest absolute Gasteiger partial charge is 0.295 e. The van der Waals surface area contributed by atoms with E-state index in [4.69, 9.17) is 5.10 Å². The first-order valence-electron chi connectivity index (χ1n) is 9.15. The van der Waals surface area contributed by atoms with Crippen LogP contribution in [0.3, 0.4) is 0 Å². The maximum absolute atomic E-state index is 13.0. The fourth-order valence-corrected chi connectivity index (χ4v) is 3.31.